The lowest BCUT2D eigenvalue weighted by atomic mass is 10.4. The molecule has 66 valence electrons. The average molecular weight is 184 g/mol. The second-order valence-electron chi connectivity index (χ2n) is 2.47. The Labute approximate surface area is 76.2 Å². The Kier molecular flexibility index (Phi) is 4.04. The highest BCUT2D eigenvalue weighted by atomic mass is 32.2. The van der Waals surface area contributed by atoms with E-state index in [0.717, 1.165) is 11.6 Å². The lowest BCUT2D eigenvalue weighted by Gasteiger charge is -2.06. The van der Waals surface area contributed by atoms with Gasteiger partial charge in [0, 0.05) is 24.3 Å². The summed E-state index contributed by atoms with van der Waals surface area (Å²) >= 11 is 1.59. The van der Waals surface area contributed by atoms with Crippen molar-refractivity contribution in [2.45, 2.75) is 23.8 Å². The van der Waals surface area contributed by atoms with Crippen LogP contribution >= 0.6 is 11.8 Å². The Morgan fingerprint density at radius 2 is 2.17 bits per heavy atom. The summed E-state index contributed by atoms with van der Waals surface area (Å²) in [4.78, 5) is 8.14. The summed E-state index contributed by atoms with van der Waals surface area (Å²) in [6.45, 7) is 2.28. The van der Waals surface area contributed by atoms with Crippen molar-refractivity contribution in [2.75, 3.05) is 6.61 Å². The molecule has 1 aromatic heterocycles. The zero-order valence-corrected chi connectivity index (χ0v) is 7.79. The number of aromatic nitrogens is 2. The van der Waals surface area contributed by atoms with Crippen molar-refractivity contribution in [3.8, 4) is 0 Å². The second kappa shape index (κ2) is 5.11. The van der Waals surface area contributed by atoms with Crippen molar-refractivity contribution in [3.05, 3.63) is 18.5 Å². The number of hydrogen-bond acceptors (Lipinski definition) is 4. The van der Waals surface area contributed by atoms with E-state index in [9.17, 15) is 0 Å². The Morgan fingerprint density at radius 1 is 1.50 bits per heavy atom. The predicted octanol–water partition coefficient (Wildman–Crippen LogP) is 1.34. The highest BCUT2D eigenvalue weighted by Crippen LogP contribution is 2.19. The fraction of sp³-hybridized carbons (Fsp3) is 0.500. The van der Waals surface area contributed by atoms with Gasteiger partial charge < -0.3 is 5.11 Å². The van der Waals surface area contributed by atoms with Gasteiger partial charge in [-0.15, -0.1) is 0 Å². The van der Waals surface area contributed by atoms with Crippen LogP contribution in [0, 0.1) is 0 Å². The van der Waals surface area contributed by atoms with Crippen molar-refractivity contribution in [3.63, 3.8) is 0 Å². The third-order valence-corrected chi connectivity index (χ3v) is 2.44. The van der Waals surface area contributed by atoms with Crippen molar-refractivity contribution in [2.24, 2.45) is 0 Å². The molecule has 0 bridgehead atoms. The summed E-state index contributed by atoms with van der Waals surface area (Å²) in [5, 5.41) is 9.81. The van der Waals surface area contributed by atoms with Crippen molar-refractivity contribution in [1.29, 1.82) is 0 Å². The van der Waals surface area contributed by atoms with Gasteiger partial charge in [0.1, 0.15) is 0 Å². The highest BCUT2D eigenvalue weighted by Gasteiger charge is 2.04. The lowest BCUT2D eigenvalue weighted by Crippen LogP contribution is -2.00. The molecular weight excluding hydrogens is 172 g/mol. The fourth-order valence-corrected chi connectivity index (χ4v) is 1.59. The first kappa shape index (κ1) is 9.48. The summed E-state index contributed by atoms with van der Waals surface area (Å²) < 4.78 is 0. The molecule has 4 heteroatoms. The van der Waals surface area contributed by atoms with E-state index in [1.807, 2.05) is 0 Å². The maximum atomic E-state index is 8.66. The molecular formula is C8H12N2OS. The molecule has 0 aliphatic rings. The van der Waals surface area contributed by atoms with E-state index in [0.29, 0.717) is 5.25 Å². The zero-order chi connectivity index (χ0) is 8.81. The Morgan fingerprint density at radius 3 is 2.75 bits per heavy atom. The van der Waals surface area contributed by atoms with Crippen LogP contribution in [0.2, 0.25) is 0 Å². The number of hydrogen-bond donors (Lipinski definition) is 1. The van der Waals surface area contributed by atoms with Crippen LogP contribution in [0.25, 0.3) is 0 Å². The summed E-state index contributed by atoms with van der Waals surface area (Å²) in [5.74, 6) is 0. The lowest BCUT2D eigenvalue weighted by molar-refractivity contribution is 0.289. The maximum Gasteiger partial charge on any atom is 0.187 e. The summed E-state index contributed by atoms with van der Waals surface area (Å²) in [7, 11) is 0. The third-order valence-electron chi connectivity index (χ3n) is 1.38. The molecule has 1 unspecified atom stereocenters. The minimum Gasteiger partial charge on any atom is -0.396 e. The normalized spacial score (nSPS) is 12.8. The number of nitrogens with zero attached hydrogens (tertiary/aromatic N) is 2. The number of thioether (sulfide) groups is 1. The predicted molar refractivity (Wildman–Crippen MR) is 49.1 cm³/mol. The molecule has 0 aliphatic carbocycles. The molecule has 0 saturated heterocycles. The van der Waals surface area contributed by atoms with Gasteiger partial charge in [-0.2, -0.15) is 0 Å². The van der Waals surface area contributed by atoms with E-state index in [4.69, 9.17) is 5.11 Å². The minimum absolute atomic E-state index is 0.223. The molecule has 0 aromatic carbocycles. The van der Waals surface area contributed by atoms with Crippen molar-refractivity contribution in [1.82, 2.24) is 9.97 Å². The van der Waals surface area contributed by atoms with E-state index >= 15 is 0 Å². The van der Waals surface area contributed by atoms with Gasteiger partial charge in [-0.3, -0.25) is 0 Å². The molecule has 1 N–H and O–H groups in total. The third kappa shape index (κ3) is 3.19. The van der Waals surface area contributed by atoms with E-state index < -0.39 is 0 Å². The van der Waals surface area contributed by atoms with Crippen LogP contribution in [-0.2, 0) is 0 Å². The molecule has 3 nitrogen and oxygen atoms in total. The molecule has 0 spiro atoms. The van der Waals surface area contributed by atoms with Gasteiger partial charge in [0.15, 0.2) is 5.16 Å². The first-order valence-corrected chi connectivity index (χ1v) is 4.75. The molecule has 0 amide bonds. The molecule has 1 rings (SSSR count). The Balaban J connectivity index is 2.41. The molecule has 12 heavy (non-hydrogen) atoms. The van der Waals surface area contributed by atoms with Crippen LogP contribution < -0.4 is 0 Å². The van der Waals surface area contributed by atoms with E-state index in [1.165, 1.54) is 0 Å². The van der Waals surface area contributed by atoms with Crippen LogP contribution in [0.3, 0.4) is 0 Å². The maximum absolute atomic E-state index is 8.66. The average Bonchev–Trinajstić information content (AvgIpc) is 2.06. The Bertz CT molecular complexity index is 218. The van der Waals surface area contributed by atoms with Gasteiger partial charge in [0.2, 0.25) is 0 Å². The molecule has 0 fully saturated rings. The SMILES string of the molecule is CC(CCO)Sc1ncccn1. The van der Waals surface area contributed by atoms with Crippen LogP contribution in [0.15, 0.2) is 23.6 Å². The van der Waals surface area contributed by atoms with Gasteiger partial charge in [-0.05, 0) is 12.5 Å². The van der Waals surface area contributed by atoms with Crippen molar-refractivity contribution < 1.29 is 5.11 Å². The smallest absolute Gasteiger partial charge is 0.187 e. The summed E-state index contributed by atoms with van der Waals surface area (Å²) in [6.07, 6.45) is 4.23. The van der Waals surface area contributed by atoms with Gasteiger partial charge in [-0.25, -0.2) is 9.97 Å². The molecule has 1 atom stereocenters. The quantitative estimate of drug-likeness (QED) is 0.566. The van der Waals surface area contributed by atoms with Crippen LogP contribution in [0.4, 0.5) is 0 Å². The highest BCUT2D eigenvalue weighted by molar-refractivity contribution is 7.99. The summed E-state index contributed by atoms with van der Waals surface area (Å²) in [5.41, 5.74) is 0. The zero-order valence-electron chi connectivity index (χ0n) is 6.97. The molecule has 0 saturated carbocycles. The van der Waals surface area contributed by atoms with Gasteiger partial charge in [-0.1, -0.05) is 18.7 Å². The first-order valence-electron chi connectivity index (χ1n) is 3.87. The molecule has 1 aromatic rings. The molecule has 0 aliphatic heterocycles. The van der Waals surface area contributed by atoms with Gasteiger partial charge in [0.05, 0.1) is 0 Å². The second-order valence-corrected chi connectivity index (χ2v) is 3.88. The minimum atomic E-state index is 0.223. The fourth-order valence-electron chi connectivity index (χ4n) is 0.767. The van der Waals surface area contributed by atoms with E-state index in [-0.39, 0.29) is 6.61 Å². The number of rotatable bonds is 4. The topological polar surface area (TPSA) is 46.0 Å². The van der Waals surface area contributed by atoms with E-state index in [2.05, 4.69) is 16.9 Å². The number of aliphatic hydroxyl groups is 1. The van der Waals surface area contributed by atoms with Crippen LogP contribution in [-0.4, -0.2) is 26.9 Å². The largest absolute Gasteiger partial charge is 0.396 e. The van der Waals surface area contributed by atoms with Gasteiger partial charge in [0.25, 0.3) is 0 Å². The van der Waals surface area contributed by atoms with Crippen LogP contribution in [0.1, 0.15) is 13.3 Å². The monoisotopic (exact) mass is 184 g/mol. The number of aliphatic hydroxyl groups excluding tert-OH is 1. The van der Waals surface area contributed by atoms with E-state index in [1.54, 1.807) is 30.2 Å². The Hall–Kier alpha value is -0.610. The van der Waals surface area contributed by atoms with Crippen molar-refractivity contribution >= 4 is 11.8 Å². The van der Waals surface area contributed by atoms with Crippen LogP contribution in [0.5, 0.6) is 0 Å². The van der Waals surface area contributed by atoms with Gasteiger partial charge >= 0.3 is 0 Å². The standard InChI is InChI=1S/C8H12N2OS/c1-7(3-6-11)12-8-9-4-2-5-10-8/h2,4-5,7,11H,3,6H2,1H3. The molecule has 1 heterocycles. The first-order chi connectivity index (χ1) is 5.83. The molecule has 0 radical (unpaired) electrons. The summed E-state index contributed by atoms with van der Waals surface area (Å²) in [6, 6.07) is 1.79.